The summed E-state index contributed by atoms with van der Waals surface area (Å²) in [5.74, 6) is -0.324. The van der Waals surface area contributed by atoms with Crippen molar-refractivity contribution in [2.45, 2.75) is 6.10 Å². The van der Waals surface area contributed by atoms with Crippen molar-refractivity contribution < 1.29 is 14.8 Å². The number of nitrogens with zero attached hydrogens (tertiary/aromatic N) is 2. The minimum absolute atomic E-state index is 0.0468. The Balaban J connectivity index is 2.22. The predicted octanol–water partition coefficient (Wildman–Crippen LogP) is 1.06. The number of aliphatic hydroxyl groups excluding tert-OH is 1. The number of nitro groups is 1. The zero-order chi connectivity index (χ0) is 12.6. The lowest BCUT2D eigenvalue weighted by atomic mass is 10.1. The maximum absolute atomic E-state index is 11.8. The summed E-state index contributed by atoms with van der Waals surface area (Å²) in [5.41, 5.74) is 0.0550. The van der Waals surface area contributed by atoms with Crippen LogP contribution < -0.4 is 0 Å². The number of hydrogen-bond acceptors (Lipinski definition) is 4. The highest BCUT2D eigenvalue weighted by Crippen LogP contribution is 2.25. The van der Waals surface area contributed by atoms with Gasteiger partial charge in [0.2, 0.25) is 0 Å². The van der Waals surface area contributed by atoms with Crippen LogP contribution >= 0.6 is 11.6 Å². The van der Waals surface area contributed by atoms with Crippen molar-refractivity contribution in [1.82, 2.24) is 4.90 Å². The average Bonchev–Trinajstić information content (AvgIpc) is 2.23. The standard InChI is InChI=1S/C10H9ClN2O4/c11-9-3-6(13(16)17)1-2-8(9)10(15)12-4-7(14)5-12/h1-3,7,14H,4-5H2. The molecule has 1 amide bonds. The molecule has 0 saturated carbocycles. The third-order valence-corrected chi connectivity index (χ3v) is 2.86. The fourth-order valence-corrected chi connectivity index (χ4v) is 1.84. The largest absolute Gasteiger partial charge is 0.389 e. The number of rotatable bonds is 2. The number of carbonyl (C=O) groups is 1. The van der Waals surface area contributed by atoms with Gasteiger partial charge < -0.3 is 10.0 Å². The predicted molar refractivity (Wildman–Crippen MR) is 60.0 cm³/mol. The summed E-state index contributed by atoms with van der Waals surface area (Å²) in [6.07, 6.45) is -0.490. The first kappa shape index (κ1) is 11.8. The molecule has 1 fully saturated rings. The molecule has 1 N–H and O–H groups in total. The van der Waals surface area contributed by atoms with Crippen LogP contribution in [-0.2, 0) is 0 Å². The van der Waals surface area contributed by atoms with Crippen LogP contribution in [0.3, 0.4) is 0 Å². The van der Waals surface area contributed by atoms with Gasteiger partial charge >= 0.3 is 0 Å². The van der Waals surface area contributed by atoms with E-state index in [0.717, 1.165) is 6.07 Å². The lowest BCUT2D eigenvalue weighted by Gasteiger charge is -2.36. The molecule has 0 aromatic heterocycles. The van der Waals surface area contributed by atoms with E-state index in [1.165, 1.54) is 17.0 Å². The molecule has 1 aromatic carbocycles. The van der Waals surface area contributed by atoms with E-state index in [1.54, 1.807) is 0 Å². The van der Waals surface area contributed by atoms with Crippen LogP contribution in [0.5, 0.6) is 0 Å². The number of amides is 1. The van der Waals surface area contributed by atoms with Crippen molar-refractivity contribution >= 4 is 23.2 Å². The van der Waals surface area contributed by atoms with Gasteiger partial charge in [0.15, 0.2) is 0 Å². The molecule has 1 aliphatic rings. The second-order valence-corrected chi connectivity index (χ2v) is 4.19. The van der Waals surface area contributed by atoms with Gasteiger partial charge in [-0.05, 0) is 6.07 Å². The molecule has 0 atom stereocenters. The highest BCUT2D eigenvalue weighted by Gasteiger charge is 2.30. The number of non-ortho nitro benzene ring substituents is 1. The summed E-state index contributed by atoms with van der Waals surface area (Å²) in [4.78, 5) is 23.2. The molecule has 0 spiro atoms. The van der Waals surface area contributed by atoms with Gasteiger partial charge in [0.05, 0.1) is 21.6 Å². The van der Waals surface area contributed by atoms with Gasteiger partial charge in [-0.2, -0.15) is 0 Å². The van der Waals surface area contributed by atoms with E-state index in [9.17, 15) is 14.9 Å². The van der Waals surface area contributed by atoms with Crippen molar-refractivity contribution in [1.29, 1.82) is 0 Å². The zero-order valence-electron chi connectivity index (χ0n) is 8.67. The Labute approximate surface area is 102 Å². The molecule has 0 unspecified atom stereocenters. The summed E-state index contributed by atoms with van der Waals surface area (Å²) >= 11 is 5.82. The molecule has 0 aliphatic carbocycles. The second kappa shape index (κ2) is 4.31. The number of likely N-dealkylation sites (tertiary alicyclic amines) is 1. The Morgan fingerprint density at radius 2 is 2.18 bits per heavy atom. The van der Waals surface area contributed by atoms with E-state index in [-0.39, 0.29) is 35.3 Å². The third kappa shape index (κ3) is 2.22. The SMILES string of the molecule is O=C(c1ccc([N+](=O)[O-])cc1Cl)N1CC(O)C1. The number of nitro benzene ring substituents is 1. The second-order valence-electron chi connectivity index (χ2n) is 3.79. The molecule has 2 rings (SSSR count). The molecule has 1 saturated heterocycles. The van der Waals surface area contributed by atoms with Crippen LogP contribution in [0.25, 0.3) is 0 Å². The number of aliphatic hydroxyl groups is 1. The first-order chi connectivity index (χ1) is 7.99. The number of β-amino-alcohol motifs (C(OH)–C–C–N with tert-alkyl or cyclic N) is 1. The van der Waals surface area contributed by atoms with E-state index in [1.807, 2.05) is 0 Å². The Morgan fingerprint density at radius 1 is 1.53 bits per heavy atom. The van der Waals surface area contributed by atoms with E-state index in [0.29, 0.717) is 0 Å². The maximum atomic E-state index is 11.8. The number of benzene rings is 1. The first-order valence-corrected chi connectivity index (χ1v) is 5.28. The van der Waals surface area contributed by atoms with Gasteiger partial charge in [-0.15, -0.1) is 0 Å². The van der Waals surface area contributed by atoms with Gasteiger partial charge in [-0.3, -0.25) is 14.9 Å². The zero-order valence-corrected chi connectivity index (χ0v) is 9.42. The molecular formula is C10H9ClN2O4. The number of hydrogen-bond donors (Lipinski definition) is 1. The maximum Gasteiger partial charge on any atom is 0.270 e. The molecule has 1 heterocycles. The van der Waals surface area contributed by atoms with Gasteiger partial charge in [-0.25, -0.2) is 0 Å². The number of halogens is 1. The van der Waals surface area contributed by atoms with Crippen molar-refractivity contribution in [2.24, 2.45) is 0 Å². The van der Waals surface area contributed by atoms with Crippen molar-refractivity contribution in [3.8, 4) is 0 Å². The van der Waals surface area contributed by atoms with E-state index in [4.69, 9.17) is 16.7 Å². The highest BCUT2D eigenvalue weighted by atomic mass is 35.5. The molecule has 1 aromatic rings. The summed E-state index contributed by atoms with van der Waals surface area (Å²) in [7, 11) is 0. The smallest absolute Gasteiger partial charge is 0.270 e. The molecule has 1 aliphatic heterocycles. The quantitative estimate of drug-likeness (QED) is 0.634. The van der Waals surface area contributed by atoms with Gasteiger partial charge in [0, 0.05) is 25.2 Å². The summed E-state index contributed by atoms with van der Waals surface area (Å²) < 4.78 is 0. The first-order valence-electron chi connectivity index (χ1n) is 4.90. The molecule has 6 nitrogen and oxygen atoms in total. The van der Waals surface area contributed by atoms with Crippen LogP contribution in [0.15, 0.2) is 18.2 Å². The molecular weight excluding hydrogens is 248 g/mol. The fourth-order valence-electron chi connectivity index (χ4n) is 1.58. The van der Waals surface area contributed by atoms with Gasteiger partial charge in [0.25, 0.3) is 11.6 Å². The van der Waals surface area contributed by atoms with Crippen LogP contribution in [0.2, 0.25) is 5.02 Å². The molecule has 17 heavy (non-hydrogen) atoms. The Bertz CT molecular complexity index is 485. The Morgan fingerprint density at radius 3 is 2.65 bits per heavy atom. The van der Waals surface area contributed by atoms with Crippen molar-refractivity contribution in [2.75, 3.05) is 13.1 Å². The van der Waals surface area contributed by atoms with Crippen LogP contribution in [0, 0.1) is 10.1 Å². The topological polar surface area (TPSA) is 83.7 Å². The molecule has 0 bridgehead atoms. The minimum atomic E-state index is -0.576. The van der Waals surface area contributed by atoms with Gasteiger partial charge in [-0.1, -0.05) is 11.6 Å². The highest BCUT2D eigenvalue weighted by molar-refractivity contribution is 6.34. The minimum Gasteiger partial charge on any atom is -0.389 e. The summed E-state index contributed by atoms with van der Waals surface area (Å²) in [5, 5.41) is 19.6. The van der Waals surface area contributed by atoms with Crippen LogP contribution in [0.1, 0.15) is 10.4 Å². The van der Waals surface area contributed by atoms with Gasteiger partial charge in [0.1, 0.15) is 0 Å². The molecule has 90 valence electrons. The average molecular weight is 257 g/mol. The van der Waals surface area contributed by atoms with Crippen molar-refractivity contribution in [3.05, 3.63) is 38.9 Å². The summed E-state index contributed by atoms with van der Waals surface area (Å²) in [6.45, 7) is 0.540. The third-order valence-electron chi connectivity index (χ3n) is 2.54. The van der Waals surface area contributed by atoms with E-state index >= 15 is 0 Å². The molecule has 7 heteroatoms. The lowest BCUT2D eigenvalue weighted by molar-refractivity contribution is -0.384. The normalized spacial score (nSPS) is 15.5. The van der Waals surface area contributed by atoms with Crippen molar-refractivity contribution in [3.63, 3.8) is 0 Å². The number of carbonyl (C=O) groups excluding carboxylic acids is 1. The van der Waals surface area contributed by atoms with Crippen LogP contribution in [-0.4, -0.2) is 40.0 Å². The lowest BCUT2D eigenvalue weighted by Crippen LogP contribution is -2.53. The summed E-state index contributed by atoms with van der Waals surface area (Å²) in [6, 6.07) is 3.70. The van der Waals surface area contributed by atoms with E-state index < -0.39 is 11.0 Å². The van der Waals surface area contributed by atoms with Crippen LogP contribution in [0.4, 0.5) is 5.69 Å². The monoisotopic (exact) mass is 256 g/mol. The van der Waals surface area contributed by atoms with E-state index in [2.05, 4.69) is 0 Å². The fraction of sp³-hybridized carbons (Fsp3) is 0.300. The Hall–Kier alpha value is -1.66. The molecule has 0 radical (unpaired) electrons. The Kier molecular flexibility index (Phi) is 2.99.